The van der Waals surface area contributed by atoms with Crippen molar-refractivity contribution in [1.82, 2.24) is 0 Å². The number of rotatable bonds is 7. The summed E-state index contributed by atoms with van der Waals surface area (Å²) in [6.07, 6.45) is 1.82. The molecular formula is C16H30CrOSi. The van der Waals surface area contributed by atoms with Gasteiger partial charge in [-0.05, 0) is 0 Å². The molecule has 0 saturated heterocycles. The zero-order valence-corrected chi connectivity index (χ0v) is 15.9. The van der Waals surface area contributed by atoms with Crippen LogP contribution in [0.1, 0.15) is 61.3 Å². The first kappa shape index (κ1) is 19.1. The fourth-order valence-corrected chi connectivity index (χ4v) is 8.69. The summed E-state index contributed by atoms with van der Waals surface area (Å²) in [5, 5.41) is 0. The molecule has 0 saturated carbocycles. The third kappa shape index (κ3) is 5.56. The molecule has 0 radical (unpaired) electrons. The molecule has 0 rings (SSSR count). The van der Waals surface area contributed by atoms with E-state index >= 15 is 0 Å². The fourth-order valence-electron chi connectivity index (χ4n) is 3.05. The van der Waals surface area contributed by atoms with Crippen LogP contribution in [-0.2, 0) is 20.6 Å². The first-order valence-corrected chi connectivity index (χ1v) is 10.3. The van der Waals surface area contributed by atoms with Crippen molar-refractivity contribution in [2.45, 2.75) is 77.9 Å². The van der Waals surface area contributed by atoms with Crippen molar-refractivity contribution in [3.63, 3.8) is 0 Å². The molecule has 0 aromatic carbocycles. The Labute approximate surface area is 129 Å². The first-order valence-electron chi connectivity index (χ1n) is 7.44. The van der Waals surface area contributed by atoms with Crippen LogP contribution in [0, 0.1) is 11.5 Å². The average Bonchev–Trinajstić information content (AvgIpc) is 2.27. The SMILES string of the molecule is CCO[C](=[Cr])CCC#C[Si](C(C)C)(C(C)C)C(C)C. The Morgan fingerprint density at radius 3 is 1.89 bits per heavy atom. The van der Waals surface area contributed by atoms with Gasteiger partial charge in [0.25, 0.3) is 0 Å². The van der Waals surface area contributed by atoms with Gasteiger partial charge in [0.05, 0.1) is 0 Å². The quantitative estimate of drug-likeness (QED) is 0.488. The maximum absolute atomic E-state index is 5.42. The van der Waals surface area contributed by atoms with Gasteiger partial charge in [0.1, 0.15) is 0 Å². The normalized spacial score (nSPS) is 11.9. The molecule has 0 unspecified atom stereocenters. The molecule has 0 N–H and O–H groups in total. The summed E-state index contributed by atoms with van der Waals surface area (Å²) in [4.78, 5) is 0. The average molecular weight is 318 g/mol. The van der Waals surface area contributed by atoms with Crippen LogP contribution < -0.4 is 0 Å². The molecule has 1 nitrogen and oxygen atoms in total. The summed E-state index contributed by atoms with van der Waals surface area (Å²) in [6.45, 7) is 16.9. The zero-order valence-electron chi connectivity index (χ0n) is 13.7. The Kier molecular flexibility index (Phi) is 9.21. The van der Waals surface area contributed by atoms with Crippen LogP contribution in [0.15, 0.2) is 0 Å². The van der Waals surface area contributed by atoms with E-state index in [1.807, 2.05) is 6.92 Å². The molecular weight excluding hydrogens is 288 g/mol. The Hall–Kier alpha value is 0.139. The standard InChI is InChI=1S/C16H30OSi.Cr/c1-8-17-12-10-9-11-13-18(14(2)3,15(4)5)16(6)7;/h14-16H,8-10H2,1-7H3;. The van der Waals surface area contributed by atoms with Crippen LogP contribution >= 0.6 is 0 Å². The zero-order chi connectivity index (χ0) is 15.1. The second kappa shape index (κ2) is 9.14. The van der Waals surface area contributed by atoms with E-state index in [4.69, 9.17) is 4.74 Å². The summed E-state index contributed by atoms with van der Waals surface area (Å²) in [6, 6.07) is 0. The molecule has 0 aliphatic carbocycles. The summed E-state index contributed by atoms with van der Waals surface area (Å²) >= 11 is 2.98. The number of ether oxygens (including phenoxy) is 1. The molecule has 0 bridgehead atoms. The van der Waals surface area contributed by atoms with Gasteiger partial charge in [0.15, 0.2) is 0 Å². The van der Waals surface area contributed by atoms with Gasteiger partial charge in [-0.3, -0.25) is 0 Å². The Bertz CT molecular complexity index is 315. The van der Waals surface area contributed by atoms with E-state index in [2.05, 4.69) is 68.9 Å². The maximum atomic E-state index is 5.42. The fraction of sp³-hybridized carbons (Fsp3) is 0.812. The van der Waals surface area contributed by atoms with Gasteiger partial charge in [-0.2, -0.15) is 0 Å². The Balaban J connectivity index is 4.81. The molecule has 0 fully saturated rings. The summed E-state index contributed by atoms with van der Waals surface area (Å²) in [5.41, 5.74) is 5.87. The number of hydrogen-bond donors (Lipinski definition) is 0. The monoisotopic (exact) mass is 318 g/mol. The molecule has 0 spiro atoms. The molecule has 110 valence electrons. The van der Waals surface area contributed by atoms with Crippen molar-refractivity contribution in [3.05, 3.63) is 0 Å². The molecule has 0 aromatic heterocycles. The first-order chi connectivity index (χ1) is 8.78. The third-order valence-corrected chi connectivity index (χ3v) is 10.8. The third-order valence-electron chi connectivity index (χ3n) is 3.93. The molecule has 3 heteroatoms. The van der Waals surface area contributed by atoms with Gasteiger partial charge in [0.2, 0.25) is 0 Å². The van der Waals surface area contributed by atoms with E-state index < -0.39 is 8.07 Å². The van der Waals surface area contributed by atoms with E-state index in [9.17, 15) is 0 Å². The van der Waals surface area contributed by atoms with Crippen molar-refractivity contribution in [2.24, 2.45) is 0 Å². The molecule has 0 aliphatic heterocycles. The van der Waals surface area contributed by atoms with Gasteiger partial charge in [-0.15, -0.1) is 0 Å². The van der Waals surface area contributed by atoms with Gasteiger partial charge >= 0.3 is 129 Å². The topological polar surface area (TPSA) is 9.23 Å². The van der Waals surface area contributed by atoms with Crippen molar-refractivity contribution in [2.75, 3.05) is 6.61 Å². The van der Waals surface area contributed by atoms with Crippen molar-refractivity contribution >= 4 is 12.6 Å². The van der Waals surface area contributed by atoms with Crippen LogP contribution in [0.25, 0.3) is 0 Å². The predicted molar refractivity (Wildman–Crippen MR) is 84.7 cm³/mol. The van der Waals surface area contributed by atoms with E-state index in [0.29, 0.717) is 16.6 Å². The minimum absolute atomic E-state index is 0.712. The molecule has 19 heavy (non-hydrogen) atoms. The van der Waals surface area contributed by atoms with Crippen LogP contribution in [0.4, 0.5) is 0 Å². The summed E-state index contributed by atoms with van der Waals surface area (Å²) in [5.74, 6) is 3.45. The minimum atomic E-state index is -1.54. The van der Waals surface area contributed by atoms with Gasteiger partial charge < -0.3 is 0 Å². The van der Waals surface area contributed by atoms with E-state index in [0.717, 1.165) is 24.0 Å². The molecule has 0 aromatic rings. The van der Waals surface area contributed by atoms with E-state index in [1.54, 1.807) is 0 Å². The molecule has 0 atom stereocenters. The second-order valence-electron chi connectivity index (χ2n) is 6.00. The van der Waals surface area contributed by atoms with Crippen molar-refractivity contribution in [1.29, 1.82) is 0 Å². The van der Waals surface area contributed by atoms with Crippen molar-refractivity contribution < 1.29 is 20.6 Å². The van der Waals surface area contributed by atoms with E-state index in [1.165, 1.54) is 0 Å². The number of hydrogen-bond acceptors (Lipinski definition) is 1. The Morgan fingerprint density at radius 1 is 1.05 bits per heavy atom. The van der Waals surface area contributed by atoms with Gasteiger partial charge in [-0.1, -0.05) is 0 Å². The van der Waals surface area contributed by atoms with Crippen LogP contribution in [0.3, 0.4) is 0 Å². The summed E-state index contributed by atoms with van der Waals surface area (Å²) < 4.78 is 6.41. The van der Waals surface area contributed by atoms with Crippen LogP contribution in [0.2, 0.25) is 16.6 Å². The Morgan fingerprint density at radius 2 is 1.53 bits per heavy atom. The van der Waals surface area contributed by atoms with E-state index in [-0.39, 0.29) is 0 Å². The molecule has 0 heterocycles. The van der Waals surface area contributed by atoms with Gasteiger partial charge in [0, 0.05) is 0 Å². The molecule has 0 aliphatic rings. The summed E-state index contributed by atoms with van der Waals surface area (Å²) in [7, 11) is -1.54. The van der Waals surface area contributed by atoms with Crippen molar-refractivity contribution in [3.8, 4) is 11.5 Å². The molecule has 0 amide bonds. The van der Waals surface area contributed by atoms with Crippen LogP contribution in [-0.4, -0.2) is 19.2 Å². The predicted octanol–water partition coefficient (Wildman–Crippen LogP) is 4.70. The van der Waals surface area contributed by atoms with Crippen LogP contribution in [0.5, 0.6) is 0 Å². The second-order valence-corrected chi connectivity index (χ2v) is 12.3. The van der Waals surface area contributed by atoms with Gasteiger partial charge in [-0.25, -0.2) is 0 Å².